The van der Waals surface area contributed by atoms with Gasteiger partial charge >= 0.3 is 0 Å². The molecule has 0 amide bonds. The van der Waals surface area contributed by atoms with Crippen molar-refractivity contribution in [3.05, 3.63) is 30.3 Å². The first-order valence-electron chi connectivity index (χ1n) is 12.4. The Morgan fingerprint density at radius 1 is 0.594 bits per heavy atom. The SMILES string of the molecule is N#CCCCCCCCCCN(CCCCCCCCCC#N)S(=O)(=O)c1ccccc1. The molecule has 1 aromatic carbocycles. The van der Waals surface area contributed by atoms with E-state index >= 15 is 0 Å². The summed E-state index contributed by atoms with van der Waals surface area (Å²) in [6.07, 6.45) is 16.2. The second-order valence-corrected chi connectivity index (χ2v) is 10.4. The molecule has 0 saturated heterocycles. The van der Waals surface area contributed by atoms with Crippen LogP contribution in [0.25, 0.3) is 0 Å². The summed E-state index contributed by atoms with van der Waals surface area (Å²) in [5.74, 6) is 0. The van der Waals surface area contributed by atoms with Crippen LogP contribution in [0.2, 0.25) is 0 Å². The first-order valence-corrected chi connectivity index (χ1v) is 13.9. The van der Waals surface area contributed by atoms with Gasteiger partial charge < -0.3 is 0 Å². The highest BCUT2D eigenvalue weighted by Crippen LogP contribution is 2.18. The first-order chi connectivity index (χ1) is 15.6. The lowest BCUT2D eigenvalue weighted by Gasteiger charge is -2.22. The van der Waals surface area contributed by atoms with Crippen molar-refractivity contribution in [2.24, 2.45) is 0 Å². The van der Waals surface area contributed by atoms with Crippen molar-refractivity contribution in [2.45, 2.75) is 108 Å². The highest BCUT2D eigenvalue weighted by atomic mass is 32.2. The lowest BCUT2D eigenvalue weighted by molar-refractivity contribution is 0.383. The highest BCUT2D eigenvalue weighted by Gasteiger charge is 2.23. The van der Waals surface area contributed by atoms with Crippen molar-refractivity contribution in [2.75, 3.05) is 13.1 Å². The minimum absolute atomic E-state index is 0.384. The van der Waals surface area contributed by atoms with Gasteiger partial charge in [0.15, 0.2) is 0 Å². The third-order valence-corrected chi connectivity index (χ3v) is 7.69. The zero-order valence-electron chi connectivity index (χ0n) is 19.7. The largest absolute Gasteiger partial charge is 0.243 e. The molecule has 0 radical (unpaired) electrons. The van der Waals surface area contributed by atoms with Crippen LogP contribution in [0.1, 0.15) is 103 Å². The lowest BCUT2D eigenvalue weighted by atomic mass is 10.1. The molecule has 6 heteroatoms. The molecular weight excluding hydrogens is 418 g/mol. The number of hydrogen-bond acceptors (Lipinski definition) is 4. The Morgan fingerprint density at radius 2 is 0.969 bits per heavy atom. The molecular formula is C26H41N3O2S. The normalized spacial score (nSPS) is 11.3. The molecule has 0 fully saturated rings. The second kappa shape index (κ2) is 18.7. The highest BCUT2D eigenvalue weighted by molar-refractivity contribution is 7.89. The molecule has 1 rings (SSSR count). The number of sulfonamides is 1. The van der Waals surface area contributed by atoms with Gasteiger partial charge in [-0.15, -0.1) is 0 Å². The predicted octanol–water partition coefficient (Wildman–Crippen LogP) is 6.97. The lowest BCUT2D eigenvalue weighted by Crippen LogP contribution is -2.33. The molecule has 0 aliphatic heterocycles. The number of hydrogen-bond donors (Lipinski definition) is 0. The van der Waals surface area contributed by atoms with Gasteiger partial charge in [0.05, 0.1) is 17.0 Å². The molecule has 0 aromatic heterocycles. The van der Waals surface area contributed by atoms with Gasteiger partial charge in [-0.3, -0.25) is 0 Å². The van der Waals surface area contributed by atoms with E-state index < -0.39 is 10.0 Å². The average molecular weight is 460 g/mol. The van der Waals surface area contributed by atoms with Gasteiger partial charge in [-0.2, -0.15) is 14.8 Å². The van der Waals surface area contributed by atoms with Crippen LogP contribution in [-0.2, 0) is 10.0 Å². The van der Waals surface area contributed by atoms with E-state index in [1.807, 2.05) is 6.07 Å². The molecule has 0 heterocycles. The molecule has 0 N–H and O–H groups in total. The van der Waals surface area contributed by atoms with Gasteiger partial charge in [-0.25, -0.2) is 8.42 Å². The van der Waals surface area contributed by atoms with Gasteiger partial charge in [-0.05, 0) is 37.8 Å². The summed E-state index contributed by atoms with van der Waals surface area (Å²) in [7, 11) is -3.44. The van der Waals surface area contributed by atoms with E-state index in [4.69, 9.17) is 10.5 Å². The van der Waals surface area contributed by atoms with Crippen LogP contribution in [-0.4, -0.2) is 25.8 Å². The summed E-state index contributed by atoms with van der Waals surface area (Å²) >= 11 is 0. The summed E-state index contributed by atoms with van der Waals surface area (Å²) in [5.41, 5.74) is 0. The van der Waals surface area contributed by atoms with E-state index in [0.29, 0.717) is 30.8 Å². The number of benzene rings is 1. The summed E-state index contributed by atoms with van der Waals surface area (Å²) in [6.45, 7) is 1.17. The smallest absolute Gasteiger partial charge is 0.207 e. The van der Waals surface area contributed by atoms with Crippen molar-refractivity contribution in [3.63, 3.8) is 0 Å². The third kappa shape index (κ3) is 12.8. The van der Waals surface area contributed by atoms with E-state index in [1.54, 1.807) is 28.6 Å². The fraction of sp³-hybridized carbons (Fsp3) is 0.692. The Hall–Kier alpha value is -1.89. The molecule has 0 bridgehead atoms. The molecule has 32 heavy (non-hydrogen) atoms. The van der Waals surface area contributed by atoms with Crippen LogP contribution in [0.4, 0.5) is 0 Å². The molecule has 0 aliphatic carbocycles. The predicted molar refractivity (Wildman–Crippen MR) is 130 cm³/mol. The van der Waals surface area contributed by atoms with Crippen LogP contribution in [0.3, 0.4) is 0 Å². The van der Waals surface area contributed by atoms with E-state index in [-0.39, 0.29) is 0 Å². The molecule has 0 saturated carbocycles. The van der Waals surface area contributed by atoms with E-state index in [2.05, 4.69) is 12.1 Å². The molecule has 0 aliphatic rings. The van der Waals surface area contributed by atoms with Crippen molar-refractivity contribution >= 4 is 10.0 Å². The monoisotopic (exact) mass is 459 g/mol. The van der Waals surface area contributed by atoms with Crippen LogP contribution < -0.4 is 0 Å². The van der Waals surface area contributed by atoms with Crippen molar-refractivity contribution in [1.82, 2.24) is 4.31 Å². The maximum Gasteiger partial charge on any atom is 0.243 e. The summed E-state index contributed by atoms with van der Waals surface area (Å²) < 4.78 is 28.0. The Kier molecular flexibility index (Phi) is 16.4. The number of nitriles is 2. The number of nitrogens with zero attached hydrogens (tertiary/aromatic N) is 3. The van der Waals surface area contributed by atoms with Gasteiger partial charge in [0, 0.05) is 25.9 Å². The summed E-state index contributed by atoms with van der Waals surface area (Å²) in [5, 5.41) is 17.1. The van der Waals surface area contributed by atoms with Crippen molar-refractivity contribution in [1.29, 1.82) is 10.5 Å². The molecule has 1 aromatic rings. The number of unbranched alkanes of at least 4 members (excludes halogenated alkanes) is 14. The Labute approximate surface area is 196 Å². The zero-order chi connectivity index (χ0) is 23.3. The van der Waals surface area contributed by atoms with Gasteiger partial charge in [0.1, 0.15) is 0 Å². The fourth-order valence-corrected chi connectivity index (χ4v) is 5.38. The first kappa shape index (κ1) is 28.1. The zero-order valence-corrected chi connectivity index (χ0v) is 20.5. The van der Waals surface area contributed by atoms with E-state index in [1.165, 1.54) is 0 Å². The van der Waals surface area contributed by atoms with Crippen LogP contribution in [0.5, 0.6) is 0 Å². The Bertz CT molecular complexity index is 735. The fourth-order valence-electron chi connectivity index (χ4n) is 3.85. The van der Waals surface area contributed by atoms with E-state index in [0.717, 1.165) is 89.9 Å². The van der Waals surface area contributed by atoms with Crippen LogP contribution in [0.15, 0.2) is 35.2 Å². The third-order valence-electron chi connectivity index (χ3n) is 5.77. The van der Waals surface area contributed by atoms with E-state index in [9.17, 15) is 8.42 Å². The van der Waals surface area contributed by atoms with Crippen LogP contribution in [0, 0.1) is 22.7 Å². The summed E-state index contributed by atoms with van der Waals surface area (Å²) in [4.78, 5) is 0.384. The van der Waals surface area contributed by atoms with Gasteiger partial charge in [-0.1, -0.05) is 82.4 Å². The summed E-state index contributed by atoms with van der Waals surface area (Å²) in [6, 6.07) is 13.1. The topological polar surface area (TPSA) is 85.0 Å². The minimum Gasteiger partial charge on any atom is -0.207 e. The Morgan fingerprint density at radius 3 is 1.38 bits per heavy atom. The number of rotatable bonds is 20. The maximum absolute atomic E-state index is 13.1. The van der Waals surface area contributed by atoms with Crippen molar-refractivity contribution in [3.8, 4) is 12.1 Å². The molecule has 0 atom stereocenters. The molecule has 0 unspecified atom stereocenters. The molecule has 5 nitrogen and oxygen atoms in total. The second-order valence-electron chi connectivity index (χ2n) is 8.48. The minimum atomic E-state index is -3.44. The van der Waals surface area contributed by atoms with Gasteiger partial charge in [0.2, 0.25) is 10.0 Å². The maximum atomic E-state index is 13.1. The van der Waals surface area contributed by atoms with Gasteiger partial charge in [0.25, 0.3) is 0 Å². The standard InChI is InChI=1S/C26H41N3O2S/c27-22-16-9-5-1-3-7-11-18-24-29(32(30,31)26-20-14-13-15-21-26)25-19-12-8-4-2-6-10-17-23-28/h13-15,20-21H,1-12,16-19,24-25H2. The van der Waals surface area contributed by atoms with Crippen molar-refractivity contribution < 1.29 is 8.42 Å². The molecule has 0 spiro atoms. The average Bonchev–Trinajstić information content (AvgIpc) is 2.81. The Balaban J connectivity index is 2.39. The molecule has 178 valence electrons. The quantitative estimate of drug-likeness (QED) is 0.197. The van der Waals surface area contributed by atoms with Crippen LogP contribution >= 0.6 is 0 Å².